The van der Waals surface area contributed by atoms with Crippen LogP contribution in [0.4, 0.5) is 0 Å². The number of carbonyl (C=O) groups excluding carboxylic acids is 1. The molecule has 0 aliphatic carbocycles. The summed E-state index contributed by atoms with van der Waals surface area (Å²) >= 11 is 0. The zero-order valence-electron chi connectivity index (χ0n) is 18.1. The number of carbonyl (C=O) groups is 1. The Labute approximate surface area is 178 Å². The second-order valence-electron chi connectivity index (χ2n) is 7.45. The molecule has 2 heteroatoms. The third kappa shape index (κ3) is 14.3. The normalized spacial score (nSPS) is 13.3. The van der Waals surface area contributed by atoms with Crippen LogP contribution in [0.5, 0.6) is 0 Å². The van der Waals surface area contributed by atoms with Gasteiger partial charge in [0.15, 0.2) is 0 Å². The summed E-state index contributed by atoms with van der Waals surface area (Å²) in [5, 5.41) is 0. The number of hydrogen-bond acceptors (Lipinski definition) is 1. The predicted octanol–water partition coefficient (Wildman–Crippen LogP) is 7.09. The molecule has 0 saturated carbocycles. The van der Waals surface area contributed by atoms with E-state index in [2.05, 4.69) is 67.7 Å². The summed E-state index contributed by atoms with van der Waals surface area (Å²) in [4.78, 5) is 11.7. The average Bonchev–Trinajstić information content (AvgIpc) is 2.73. The quantitative estimate of drug-likeness (QED) is 0.236. The highest BCUT2D eigenvalue weighted by Gasteiger charge is 2.14. The van der Waals surface area contributed by atoms with E-state index >= 15 is 0 Å². The third-order valence-corrected chi connectivity index (χ3v) is 4.87. The van der Waals surface area contributed by atoms with E-state index in [1.807, 2.05) is 18.2 Å². The maximum absolute atomic E-state index is 11.7. The van der Waals surface area contributed by atoms with Gasteiger partial charge >= 0.3 is 0 Å². The van der Waals surface area contributed by atoms with E-state index in [9.17, 15) is 4.79 Å². The van der Waals surface area contributed by atoms with Crippen molar-refractivity contribution in [2.45, 2.75) is 71.1 Å². The number of unbranched alkanes of at least 4 members (excludes halogenated alkanes) is 3. The van der Waals surface area contributed by atoms with Gasteiger partial charge in [-0.2, -0.15) is 0 Å². The Balaban J connectivity index is 2.11. The number of amides is 1. The Morgan fingerprint density at radius 1 is 0.828 bits per heavy atom. The highest BCUT2D eigenvalue weighted by Crippen LogP contribution is 2.14. The van der Waals surface area contributed by atoms with Gasteiger partial charge in [-0.15, -0.1) is 0 Å². The first-order valence-electron chi connectivity index (χ1n) is 11.2. The molecule has 0 heterocycles. The summed E-state index contributed by atoms with van der Waals surface area (Å²) in [7, 11) is 0. The zero-order chi connectivity index (χ0) is 21.0. The molecule has 0 aliphatic heterocycles. The topological polar surface area (TPSA) is 43.1 Å². The van der Waals surface area contributed by atoms with E-state index in [0.29, 0.717) is 0 Å². The van der Waals surface area contributed by atoms with E-state index in [1.165, 1.54) is 31.2 Å². The monoisotopic (exact) mass is 393 g/mol. The van der Waals surface area contributed by atoms with Crippen molar-refractivity contribution in [3.63, 3.8) is 0 Å². The van der Waals surface area contributed by atoms with E-state index in [4.69, 9.17) is 5.73 Å². The van der Waals surface area contributed by atoms with E-state index < -0.39 is 0 Å². The van der Waals surface area contributed by atoms with Crippen LogP contribution >= 0.6 is 0 Å². The van der Waals surface area contributed by atoms with Crippen molar-refractivity contribution in [2.24, 2.45) is 11.7 Å². The van der Waals surface area contributed by atoms with E-state index in [0.717, 1.165) is 38.5 Å². The molecule has 0 aromatic heterocycles. The third-order valence-electron chi connectivity index (χ3n) is 4.87. The van der Waals surface area contributed by atoms with Crippen LogP contribution in [0, 0.1) is 5.92 Å². The first-order chi connectivity index (χ1) is 14.2. The Bertz CT molecular complexity index is 640. The van der Waals surface area contributed by atoms with Crippen LogP contribution < -0.4 is 5.73 Å². The fraction of sp³-hybridized carbons (Fsp3) is 0.444. The summed E-state index contributed by atoms with van der Waals surface area (Å²) in [5.74, 6) is -0.298. The number of nitrogens with two attached hydrogens (primary N) is 1. The molecule has 0 spiro atoms. The Morgan fingerprint density at radius 2 is 1.38 bits per heavy atom. The molecule has 1 aromatic carbocycles. The van der Waals surface area contributed by atoms with Crippen LogP contribution in [-0.4, -0.2) is 5.91 Å². The van der Waals surface area contributed by atoms with Crippen molar-refractivity contribution in [1.29, 1.82) is 0 Å². The Kier molecular flexibility index (Phi) is 15.1. The molecule has 1 rings (SSSR count). The average molecular weight is 394 g/mol. The van der Waals surface area contributed by atoms with Crippen LogP contribution in [0.2, 0.25) is 0 Å². The number of rotatable bonds is 16. The largest absolute Gasteiger partial charge is 0.369 e. The molecule has 1 aromatic rings. The number of benzene rings is 1. The lowest BCUT2D eigenvalue weighted by Gasteiger charge is -2.12. The van der Waals surface area contributed by atoms with Gasteiger partial charge in [0.1, 0.15) is 0 Å². The lowest BCUT2D eigenvalue weighted by atomic mass is 9.94. The van der Waals surface area contributed by atoms with Crippen LogP contribution in [0.3, 0.4) is 0 Å². The van der Waals surface area contributed by atoms with Gasteiger partial charge < -0.3 is 5.73 Å². The molecule has 2 nitrogen and oxygen atoms in total. The summed E-state index contributed by atoms with van der Waals surface area (Å²) in [6.07, 6.45) is 28.2. The molecule has 1 amide bonds. The minimum atomic E-state index is -0.204. The maximum Gasteiger partial charge on any atom is 0.220 e. The van der Waals surface area contributed by atoms with Crippen molar-refractivity contribution < 1.29 is 4.79 Å². The van der Waals surface area contributed by atoms with Crippen molar-refractivity contribution >= 4 is 5.91 Å². The van der Waals surface area contributed by atoms with Gasteiger partial charge in [0, 0.05) is 5.92 Å². The van der Waals surface area contributed by atoms with Crippen LogP contribution in [0.15, 0.2) is 78.9 Å². The Hall–Kier alpha value is -2.35. The number of hydrogen-bond donors (Lipinski definition) is 1. The zero-order valence-corrected chi connectivity index (χ0v) is 18.1. The fourth-order valence-corrected chi connectivity index (χ4v) is 3.10. The summed E-state index contributed by atoms with van der Waals surface area (Å²) in [5.41, 5.74) is 6.74. The molecule has 158 valence electrons. The first-order valence-corrected chi connectivity index (χ1v) is 11.2. The molecule has 0 radical (unpaired) electrons. The summed E-state index contributed by atoms with van der Waals surface area (Å²) in [6, 6.07) is 10.1. The lowest BCUT2D eigenvalue weighted by Crippen LogP contribution is -2.25. The van der Waals surface area contributed by atoms with E-state index in [1.54, 1.807) is 0 Å². The smallest absolute Gasteiger partial charge is 0.220 e. The fourth-order valence-electron chi connectivity index (χ4n) is 3.10. The molecule has 29 heavy (non-hydrogen) atoms. The van der Waals surface area contributed by atoms with Gasteiger partial charge in [-0.25, -0.2) is 0 Å². The van der Waals surface area contributed by atoms with Crippen LogP contribution in [-0.2, 0) is 11.2 Å². The molecule has 0 fully saturated rings. The van der Waals surface area contributed by atoms with E-state index in [-0.39, 0.29) is 11.8 Å². The van der Waals surface area contributed by atoms with Gasteiger partial charge in [0.25, 0.3) is 0 Å². The summed E-state index contributed by atoms with van der Waals surface area (Å²) < 4.78 is 0. The SMILES string of the molecule is CCCCCC=CCC=CCC=CCC=CCCC(Cc1ccccc1)C(N)=O. The van der Waals surface area contributed by atoms with Gasteiger partial charge in [-0.05, 0) is 56.9 Å². The first kappa shape index (κ1) is 24.7. The van der Waals surface area contributed by atoms with Crippen molar-refractivity contribution in [2.75, 3.05) is 0 Å². The highest BCUT2D eigenvalue weighted by atomic mass is 16.1. The van der Waals surface area contributed by atoms with Gasteiger partial charge in [0.05, 0.1) is 0 Å². The molecule has 0 bridgehead atoms. The molecule has 0 aliphatic rings. The van der Waals surface area contributed by atoms with Gasteiger partial charge in [0.2, 0.25) is 5.91 Å². The minimum absolute atomic E-state index is 0.0941. The minimum Gasteiger partial charge on any atom is -0.369 e. The van der Waals surface area contributed by atoms with Gasteiger partial charge in [-0.1, -0.05) is 98.7 Å². The molecular formula is C27H39NO. The lowest BCUT2D eigenvalue weighted by molar-refractivity contribution is -0.121. The molecular weight excluding hydrogens is 354 g/mol. The Morgan fingerprint density at radius 3 is 1.93 bits per heavy atom. The molecule has 0 saturated heterocycles. The highest BCUT2D eigenvalue weighted by molar-refractivity contribution is 5.76. The number of allylic oxidation sites excluding steroid dienone is 8. The van der Waals surface area contributed by atoms with Crippen molar-refractivity contribution in [1.82, 2.24) is 0 Å². The van der Waals surface area contributed by atoms with Crippen molar-refractivity contribution in [3.05, 3.63) is 84.5 Å². The molecule has 2 N–H and O–H groups in total. The van der Waals surface area contributed by atoms with Crippen LogP contribution in [0.1, 0.15) is 70.3 Å². The predicted molar refractivity (Wildman–Crippen MR) is 127 cm³/mol. The molecule has 1 unspecified atom stereocenters. The number of primary amides is 1. The second kappa shape index (κ2) is 17.7. The standard InChI is InChI=1S/C27H39NO/c1-2-3-4-5-6-7-8-9-10-11-12-13-14-15-16-20-23-26(27(28)29)24-25-21-18-17-19-22-25/h6-7,9-10,12-13,15-19,21-22,26H,2-5,8,11,14,20,23-24H2,1H3,(H2,28,29). The maximum atomic E-state index is 11.7. The molecule has 1 atom stereocenters. The summed E-state index contributed by atoms with van der Waals surface area (Å²) in [6.45, 7) is 2.24. The van der Waals surface area contributed by atoms with Crippen LogP contribution in [0.25, 0.3) is 0 Å². The second-order valence-corrected chi connectivity index (χ2v) is 7.45. The van der Waals surface area contributed by atoms with Gasteiger partial charge in [-0.3, -0.25) is 4.79 Å². The van der Waals surface area contributed by atoms with Crippen molar-refractivity contribution in [3.8, 4) is 0 Å².